The van der Waals surface area contributed by atoms with Gasteiger partial charge in [-0.1, -0.05) is 11.6 Å². The Kier molecular flexibility index (Phi) is 4.43. The van der Waals surface area contributed by atoms with Gasteiger partial charge in [-0.3, -0.25) is 9.59 Å². The van der Waals surface area contributed by atoms with Crippen molar-refractivity contribution in [2.75, 3.05) is 6.61 Å². The van der Waals surface area contributed by atoms with Crippen LogP contribution in [0.15, 0.2) is 18.2 Å². The normalized spacial score (nSPS) is 14.0. The number of halogens is 1. The summed E-state index contributed by atoms with van der Waals surface area (Å²) in [5, 5.41) is 3.27. The number of ether oxygens (including phenoxy) is 1. The average Bonchev–Trinajstić information content (AvgIpc) is 3.14. The Bertz CT molecular complexity index is 497. The summed E-state index contributed by atoms with van der Waals surface area (Å²) in [6.45, 7) is 1.76. The Labute approximate surface area is 117 Å². The van der Waals surface area contributed by atoms with Crippen LogP contribution in [-0.2, 0) is 4.79 Å². The summed E-state index contributed by atoms with van der Waals surface area (Å²) in [4.78, 5) is 22.6. The van der Waals surface area contributed by atoms with E-state index in [1.165, 1.54) is 6.92 Å². The van der Waals surface area contributed by atoms with Crippen LogP contribution in [0, 0.1) is 0 Å². The molecule has 1 amide bonds. The van der Waals surface area contributed by atoms with Gasteiger partial charge in [0.2, 0.25) is 5.91 Å². The van der Waals surface area contributed by atoms with Gasteiger partial charge in [-0.25, -0.2) is 0 Å². The Morgan fingerprint density at radius 2 is 2.16 bits per heavy atom. The SMILES string of the molecule is CC(=O)c1ccc(OCCC(=O)NC2CC2)c(Cl)c1. The van der Waals surface area contributed by atoms with Gasteiger partial charge in [-0.2, -0.15) is 0 Å². The minimum absolute atomic E-state index is 0.000946. The predicted molar refractivity (Wildman–Crippen MR) is 72.7 cm³/mol. The lowest BCUT2D eigenvalue weighted by Gasteiger charge is -2.09. The smallest absolute Gasteiger partial charge is 0.223 e. The zero-order valence-corrected chi connectivity index (χ0v) is 11.5. The third-order valence-electron chi connectivity index (χ3n) is 2.87. The number of ketones is 1. The Morgan fingerprint density at radius 3 is 2.74 bits per heavy atom. The van der Waals surface area contributed by atoms with Crippen molar-refractivity contribution in [3.05, 3.63) is 28.8 Å². The van der Waals surface area contributed by atoms with Gasteiger partial charge >= 0.3 is 0 Å². The maximum absolute atomic E-state index is 11.4. The second-order valence-electron chi connectivity index (χ2n) is 4.64. The first-order valence-corrected chi connectivity index (χ1v) is 6.66. The number of hydrogen-bond acceptors (Lipinski definition) is 3. The van der Waals surface area contributed by atoms with E-state index in [4.69, 9.17) is 16.3 Å². The second-order valence-corrected chi connectivity index (χ2v) is 5.05. The zero-order chi connectivity index (χ0) is 13.8. The van der Waals surface area contributed by atoms with Crippen LogP contribution in [0.5, 0.6) is 5.75 Å². The van der Waals surface area contributed by atoms with Gasteiger partial charge < -0.3 is 10.1 Å². The van der Waals surface area contributed by atoms with E-state index in [2.05, 4.69) is 5.32 Å². The predicted octanol–water partition coefficient (Wildman–Crippen LogP) is 2.59. The Balaban J connectivity index is 1.81. The van der Waals surface area contributed by atoms with Crippen LogP contribution < -0.4 is 10.1 Å². The van der Waals surface area contributed by atoms with E-state index in [-0.39, 0.29) is 18.3 Å². The molecule has 1 aromatic carbocycles. The van der Waals surface area contributed by atoms with Gasteiger partial charge in [-0.05, 0) is 38.0 Å². The third kappa shape index (κ3) is 4.24. The van der Waals surface area contributed by atoms with Crippen molar-refractivity contribution in [2.24, 2.45) is 0 Å². The molecule has 1 fully saturated rings. The first kappa shape index (κ1) is 13.9. The van der Waals surface area contributed by atoms with Crippen molar-refractivity contribution >= 4 is 23.3 Å². The number of carbonyl (C=O) groups is 2. The Hall–Kier alpha value is -1.55. The highest BCUT2D eigenvalue weighted by atomic mass is 35.5. The molecule has 1 aliphatic carbocycles. The van der Waals surface area contributed by atoms with E-state index in [9.17, 15) is 9.59 Å². The van der Waals surface area contributed by atoms with E-state index >= 15 is 0 Å². The molecule has 0 unspecified atom stereocenters. The summed E-state index contributed by atoms with van der Waals surface area (Å²) in [6.07, 6.45) is 2.46. The van der Waals surface area contributed by atoms with Crippen LogP contribution >= 0.6 is 11.6 Å². The number of nitrogens with one attached hydrogen (secondary N) is 1. The van der Waals surface area contributed by atoms with Crippen LogP contribution in [0.1, 0.15) is 36.5 Å². The summed E-state index contributed by atoms with van der Waals surface area (Å²) in [5.74, 6) is 0.446. The highest BCUT2D eigenvalue weighted by molar-refractivity contribution is 6.32. The number of hydrogen-bond donors (Lipinski definition) is 1. The lowest BCUT2D eigenvalue weighted by Crippen LogP contribution is -2.26. The van der Waals surface area contributed by atoms with Gasteiger partial charge in [0.15, 0.2) is 5.78 Å². The van der Waals surface area contributed by atoms with Crippen molar-refractivity contribution in [1.29, 1.82) is 0 Å². The van der Waals surface area contributed by atoms with Crippen molar-refractivity contribution < 1.29 is 14.3 Å². The molecule has 0 aliphatic heterocycles. The molecule has 0 atom stereocenters. The summed E-state index contributed by atoms with van der Waals surface area (Å²) >= 11 is 6.01. The molecule has 0 bridgehead atoms. The summed E-state index contributed by atoms with van der Waals surface area (Å²) < 4.78 is 5.44. The van der Waals surface area contributed by atoms with Gasteiger partial charge in [0.05, 0.1) is 18.1 Å². The molecule has 2 rings (SSSR count). The van der Waals surface area contributed by atoms with Crippen molar-refractivity contribution in [3.8, 4) is 5.75 Å². The number of carbonyl (C=O) groups excluding carboxylic acids is 2. The maximum Gasteiger partial charge on any atom is 0.223 e. The fourth-order valence-corrected chi connectivity index (χ4v) is 1.85. The quantitative estimate of drug-likeness (QED) is 0.816. The van der Waals surface area contributed by atoms with Crippen LogP contribution in [0.3, 0.4) is 0 Å². The molecule has 4 nitrogen and oxygen atoms in total. The molecule has 0 saturated heterocycles. The zero-order valence-electron chi connectivity index (χ0n) is 10.7. The second kappa shape index (κ2) is 6.06. The molecule has 0 radical (unpaired) electrons. The first-order valence-electron chi connectivity index (χ1n) is 6.29. The number of rotatable bonds is 6. The van der Waals surface area contributed by atoms with Gasteiger partial charge in [0.1, 0.15) is 5.75 Å². The molecule has 1 saturated carbocycles. The van der Waals surface area contributed by atoms with Gasteiger partial charge in [0, 0.05) is 11.6 Å². The van der Waals surface area contributed by atoms with E-state index in [1.807, 2.05) is 0 Å². The highest BCUT2D eigenvalue weighted by Crippen LogP contribution is 2.25. The molecule has 1 aromatic rings. The summed E-state index contributed by atoms with van der Waals surface area (Å²) in [6, 6.07) is 5.25. The minimum Gasteiger partial charge on any atom is -0.491 e. The maximum atomic E-state index is 11.4. The third-order valence-corrected chi connectivity index (χ3v) is 3.16. The van der Waals surface area contributed by atoms with Crippen LogP contribution in [0.25, 0.3) is 0 Å². The monoisotopic (exact) mass is 281 g/mol. The van der Waals surface area contributed by atoms with E-state index in [0.29, 0.717) is 28.8 Å². The van der Waals surface area contributed by atoms with Crippen molar-refractivity contribution in [1.82, 2.24) is 5.32 Å². The van der Waals surface area contributed by atoms with E-state index < -0.39 is 0 Å². The fourth-order valence-electron chi connectivity index (χ4n) is 1.62. The van der Waals surface area contributed by atoms with Gasteiger partial charge in [-0.15, -0.1) is 0 Å². The van der Waals surface area contributed by atoms with Crippen molar-refractivity contribution in [3.63, 3.8) is 0 Å². The lowest BCUT2D eigenvalue weighted by molar-refractivity contribution is -0.121. The van der Waals surface area contributed by atoms with Gasteiger partial charge in [0.25, 0.3) is 0 Å². The molecule has 19 heavy (non-hydrogen) atoms. The van der Waals surface area contributed by atoms with E-state index in [1.54, 1.807) is 18.2 Å². The molecule has 0 aromatic heterocycles. The fraction of sp³-hybridized carbons (Fsp3) is 0.429. The standard InChI is InChI=1S/C14H16ClNO3/c1-9(17)10-2-5-13(12(15)8-10)19-7-6-14(18)16-11-3-4-11/h2,5,8,11H,3-4,6-7H2,1H3,(H,16,18). The number of Topliss-reactive ketones (excluding diaryl/α,β-unsaturated/α-hetero) is 1. The average molecular weight is 282 g/mol. The highest BCUT2D eigenvalue weighted by Gasteiger charge is 2.22. The molecular formula is C14H16ClNO3. The molecule has 102 valence electrons. The Morgan fingerprint density at radius 1 is 1.42 bits per heavy atom. The number of benzene rings is 1. The molecular weight excluding hydrogens is 266 g/mol. The van der Waals surface area contributed by atoms with Crippen LogP contribution in [0.4, 0.5) is 0 Å². The largest absolute Gasteiger partial charge is 0.491 e. The molecule has 5 heteroatoms. The molecule has 1 N–H and O–H groups in total. The number of amides is 1. The summed E-state index contributed by atoms with van der Waals surface area (Å²) in [7, 11) is 0. The van der Waals surface area contributed by atoms with Crippen molar-refractivity contribution in [2.45, 2.75) is 32.2 Å². The molecule has 0 heterocycles. The minimum atomic E-state index is -0.0442. The van der Waals surface area contributed by atoms with E-state index in [0.717, 1.165) is 12.8 Å². The molecule has 0 spiro atoms. The van der Waals surface area contributed by atoms with Crippen LogP contribution in [-0.4, -0.2) is 24.3 Å². The topological polar surface area (TPSA) is 55.4 Å². The first-order chi connectivity index (χ1) is 9.06. The lowest BCUT2D eigenvalue weighted by atomic mass is 10.1. The molecule has 1 aliphatic rings. The van der Waals surface area contributed by atoms with Crippen LogP contribution in [0.2, 0.25) is 5.02 Å². The summed E-state index contributed by atoms with van der Waals surface area (Å²) in [5.41, 5.74) is 0.545.